The van der Waals surface area contributed by atoms with Gasteiger partial charge in [-0.2, -0.15) is 0 Å². The maximum absolute atomic E-state index is 13.7. The standard InChI is InChI=1S/C16H12ClFO/c17-12-6-5-11(15(18)9-12)8-16(19)14-7-10-3-1-2-4-13(10)14/h1-6,9,14H,7-8H2. The molecule has 0 N–H and O–H groups in total. The van der Waals surface area contributed by atoms with E-state index in [2.05, 4.69) is 0 Å². The third-order valence-corrected chi connectivity index (χ3v) is 3.86. The number of benzene rings is 2. The first-order valence-electron chi connectivity index (χ1n) is 6.19. The van der Waals surface area contributed by atoms with Crippen molar-refractivity contribution in [3.8, 4) is 0 Å². The Bertz CT molecular complexity index is 651. The molecule has 96 valence electrons. The SMILES string of the molecule is O=C(Cc1ccc(Cl)cc1F)C1Cc2ccccc21. The molecule has 0 aromatic heterocycles. The highest BCUT2D eigenvalue weighted by molar-refractivity contribution is 6.30. The molecule has 1 aliphatic rings. The fourth-order valence-corrected chi connectivity index (χ4v) is 2.68. The van der Waals surface area contributed by atoms with E-state index in [1.54, 1.807) is 12.1 Å². The average Bonchev–Trinajstić information content (AvgIpc) is 2.34. The Morgan fingerprint density at radius 3 is 2.79 bits per heavy atom. The summed E-state index contributed by atoms with van der Waals surface area (Å²) >= 11 is 5.70. The molecular weight excluding hydrogens is 263 g/mol. The maximum atomic E-state index is 13.7. The van der Waals surface area contributed by atoms with Crippen LogP contribution in [0.3, 0.4) is 0 Å². The van der Waals surface area contributed by atoms with Crippen molar-refractivity contribution in [2.75, 3.05) is 0 Å². The van der Waals surface area contributed by atoms with Gasteiger partial charge in [0.25, 0.3) is 0 Å². The van der Waals surface area contributed by atoms with Crippen molar-refractivity contribution in [1.82, 2.24) is 0 Å². The van der Waals surface area contributed by atoms with E-state index in [1.165, 1.54) is 11.6 Å². The van der Waals surface area contributed by atoms with E-state index in [0.29, 0.717) is 10.6 Å². The van der Waals surface area contributed by atoms with Gasteiger partial charge in [-0.25, -0.2) is 4.39 Å². The minimum absolute atomic E-state index is 0.0694. The normalized spacial score (nSPS) is 16.6. The summed E-state index contributed by atoms with van der Waals surface area (Å²) in [5.41, 5.74) is 2.72. The summed E-state index contributed by atoms with van der Waals surface area (Å²) in [4.78, 5) is 12.2. The van der Waals surface area contributed by atoms with Crippen molar-refractivity contribution in [3.05, 3.63) is 70.0 Å². The molecule has 0 fully saturated rings. The van der Waals surface area contributed by atoms with Crippen LogP contribution in [0.4, 0.5) is 4.39 Å². The van der Waals surface area contributed by atoms with Crippen LogP contribution in [0.15, 0.2) is 42.5 Å². The largest absolute Gasteiger partial charge is 0.299 e. The van der Waals surface area contributed by atoms with Gasteiger partial charge >= 0.3 is 0 Å². The summed E-state index contributed by atoms with van der Waals surface area (Å²) in [5.74, 6) is -0.417. The monoisotopic (exact) mass is 274 g/mol. The van der Waals surface area contributed by atoms with E-state index >= 15 is 0 Å². The topological polar surface area (TPSA) is 17.1 Å². The van der Waals surface area contributed by atoms with Gasteiger partial charge in [-0.15, -0.1) is 0 Å². The van der Waals surface area contributed by atoms with Gasteiger partial charge in [0.2, 0.25) is 0 Å². The summed E-state index contributed by atoms with van der Waals surface area (Å²) in [6, 6.07) is 12.3. The zero-order chi connectivity index (χ0) is 13.4. The molecule has 0 radical (unpaired) electrons. The van der Waals surface area contributed by atoms with Crippen molar-refractivity contribution in [3.63, 3.8) is 0 Å². The third-order valence-electron chi connectivity index (χ3n) is 3.62. The molecule has 0 saturated heterocycles. The van der Waals surface area contributed by atoms with Crippen LogP contribution < -0.4 is 0 Å². The molecule has 3 rings (SSSR count). The number of hydrogen-bond donors (Lipinski definition) is 0. The number of ketones is 1. The fraction of sp³-hybridized carbons (Fsp3) is 0.188. The van der Waals surface area contributed by atoms with E-state index in [9.17, 15) is 9.18 Å². The van der Waals surface area contributed by atoms with Crippen LogP contribution in [0.1, 0.15) is 22.6 Å². The number of rotatable bonds is 3. The number of fused-ring (bicyclic) bond motifs is 1. The molecule has 2 aromatic carbocycles. The second-order valence-corrected chi connectivity index (χ2v) is 5.27. The number of Topliss-reactive ketones (excluding diaryl/α,β-unsaturated/α-hetero) is 1. The quantitative estimate of drug-likeness (QED) is 0.829. The Balaban J connectivity index is 1.77. The molecule has 1 nitrogen and oxygen atoms in total. The highest BCUT2D eigenvalue weighted by Gasteiger charge is 2.31. The lowest BCUT2D eigenvalue weighted by Crippen LogP contribution is -2.26. The van der Waals surface area contributed by atoms with Crippen LogP contribution in [0.2, 0.25) is 5.02 Å². The highest BCUT2D eigenvalue weighted by Crippen LogP contribution is 2.36. The Morgan fingerprint density at radius 1 is 1.26 bits per heavy atom. The van der Waals surface area contributed by atoms with Crippen LogP contribution in [-0.4, -0.2) is 5.78 Å². The molecule has 0 bridgehead atoms. The molecule has 0 heterocycles. The van der Waals surface area contributed by atoms with E-state index < -0.39 is 5.82 Å². The van der Waals surface area contributed by atoms with Crippen molar-refractivity contribution in [2.24, 2.45) is 0 Å². The van der Waals surface area contributed by atoms with Crippen molar-refractivity contribution < 1.29 is 9.18 Å². The molecule has 0 spiro atoms. The molecule has 0 aliphatic heterocycles. The molecule has 0 amide bonds. The second kappa shape index (κ2) is 4.78. The fourth-order valence-electron chi connectivity index (χ4n) is 2.52. The Labute approximate surface area is 116 Å². The minimum atomic E-state index is -0.409. The summed E-state index contributed by atoms with van der Waals surface area (Å²) in [7, 11) is 0. The number of carbonyl (C=O) groups excluding carboxylic acids is 1. The molecule has 1 unspecified atom stereocenters. The lowest BCUT2D eigenvalue weighted by atomic mass is 9.74. The molecule has 0 saturated carbocycles. The van der Waals surface area contributed by atoms with Gasteiger partial charge in [-0.1, -0.05) is 41.9 Å². The summed E-state index contributed by atoms with van der Waals surface area (Å²) in [6.07, 6.45) is 0.895. The lowest BCUT2D eigenvalue weighted by Gasteiger charge is -2.28. The van der Waals surface area contributed by atoms with Crippen molar-refractivity contribution >= 4 is 17.4 Å². The van der Waals surface area contributed by atoms with Crippen LogP contribution in [0.5, 0.6) is 0 Å². The van der Waals surface area contributed by atoms with Crippen LogP contribution in [0.25, 0.3) is 0 Å². The summed E-state index contributed by atoms with van der Waals surface area (Å²) in [5, 5.41) is 0.350. The van der Waals surface area contributed by atoms with Gasteiger partial charge in [-0.05, 0) is 35.2 Å². The van der Waals surface area contributed by atoms with Gasteiger partial charge in [0, 0.05) is 17.4 Å². The first-order valence-corrected chi connectivity index (χ1v) is 6.57. The van der Waals surface area contributed by atoms with E-state index in [1.807, 2.05) is 24.3 Å². The van der Waals surface area contributed by atoms with Crippen molar-refractivity contribution in [1.29, 1.82) is 0 Å². The number of halogens is 2. The van der Waals surface area contributed by atoms with Gasteiger partial charge in [0.05, 0.1) is 0 Å². The lowest BCUT2D eigenvalue weighted by molar-refractivity contribution is -0.120. The van der Waals surface area contributed by atoms with E-state index in [4.69, 9.17) is 11.6 Å². The molecule has 2 aromatic rings. The van der Waals surface area contributed by atoms with Crippen LogP contribution in [0, 0.1) is 5.82 Å². The molecule has 19 heavy (non-hydrogen) atoms. The Kier molecular flexibility index (Phi) is 3.11. The molecule has 1 aliphatic carbocycles. The number of hydrogen-bond acceptors (Lipinski definition) is 1. The third kappa shape index (κ3) is 2.28. The zero-order valence-corrected chi connectivity index (χ0v) is 11.0. The van der Waals surface area contributed by atoms with Crippen LogP contribution in [-0.2, 0) is 17.6 Å². The van der Waals surface area contributed by atoms with Gasteiger partial charge in [0.1, 0.15) is 11.6 Å². The van der Waals surface area contributed by atoms with Gasteiger partial charge in [0.15, 0.2) is 0 Å². The van der Waals surface area contributed by atoms with E-state index in [0.717, 1.165) is 12.0 Å². The van der Waals surface area contributed by atoms with Crippen LogP contribution >= 0.6 is 11.6 Å². The first-order chi connectivity index (χ1) is 9.15. The summed E-state index contributed by atoms with van der Waals surface area (Å²) in [6.45, 7) is 0. The predicted octanol–water partition coefficient (Wildman–Crippen LogP) is 3.93. The molecule has 1 atom stereocenters. The second-order valence-electron chi connectivity index (χ2n) is 4.83. The first kappa shape index (κ1) is 12.4. The predicted molar refractivity (Wildman–Crippen MR) is 73.0 cm³/mol. The smallest absolute Gasteiger partial charge is 0.145 e. The minimum Gasteiger partial charge on any atom is -0.299 e. The Morgan fingerprint density at radius 2 is 2.05 bits per heavy atom. The summed E-state index contributed by atoms with van der Waals surface area (Å²) < 4.78 is 13.7. The van der Waals surface area contributed by atoms with Gasteiger partial charge in [-0.3, -0.25) is 4.79 Å². The molecular formula is C16H12ClFO. The zero-order valence-electron chi connectivity index (χ0n) is 10.2. The van der Waals surface area contributed by atoms with Crippen molar-refractivity contribution in [2.45, 2.75) is 18.8 Å². The molecule has 3 heteroatoms. The number of carbonyl (C=O) groups is 1. The maximum Gasteiger partial charge on any atom is 0.145 e. The van der Waals surface area contributed by atoms with Gasteiger partial charge < -0.3 is 0 Å². The Hall–Kier alpha value is -1.67. The highest BCUT2D eigenvalue weighted by atomic mass is 35.5. The average molecular weight is 275 g/mol. The van der Waals surface area contributed by atoms with E-state index in [-0.39, 0.29) is 18.1 Å².